The normalized spacial score (nSPS) is 11.7. The fourth-order valence-electron chi connectivity index (χ4n) is 1.78. The van der Waals surface area contributed by atoms with Crippen molar-refractivity contribution in [3.63, 3.8) is 0 Å². The highest BCUT2D eigenvalue weighted by molar-refractivity contribution is 9.09. The number of aliphatic carboxylic acids is 1. The molecule has 0 saturated heterocycles. The SMILES string of the molecule is O=C(O)CC(NC(=O)SCCCc1ccccc1)C(=O)CBr. The molecule has 0 aliphatic heterocycles. The molecular formula is C15H18BrNO4S. The number of carbonyl (C=O) groups excluding carboxylic acids is 2. The standard InChI is InChI=1S/C15H18BrNO4S/c16-10-13(18)12(9-14(19)20)17-15(21)22-8-4-7-11-5-2-1-3-6-11/h1-3,5-6,12H,4,7-10H2,(H,17,21)(H,19,20). The summed E-state index contributed by atoms with van der Waals surface area (Å²) in [4.78, 5) is 34.0. The lowest BCUT2D eigenvalue weighted by molar-refractivity contribution is -0.139. The Morgan fingerprint density at radius 3 is 2.50 bits per heavy atom. The third-order valence-corrected chi connectivity index (χ3v) is 4.30. The molecule has 120 valence electrons. The van der Waals surface area contributed by atoms with Gasteiger partial charge in [0.2, 0.25) is 0 Å². The molecule has 0 radical (unpaired) electrons. The van der Waals surface area contributed by atoms with Crippen molar-refractivity contribution >= 4 is 44.7 Å². The second-order valence-electron chi connectivity index (χ2n) is 4.62. The number of carbonyl (C=O) groups is 3. The number of Topliss-reactive ketones (excluding diaryl/α,β-unsaturated/α-hetero) is 1. The van der Waals surface area contributed by atoms with Crippen molar-refractivity contribution in [1.82, 2.24) is 5.32 Å². The first kappa shape index (κ1) is 18.7. The van der Waals surface area contributed by atoms with Gasteiger partial charge in [-0.05, 0) is 18.4 Å². The van der Waals surface area contributed by atoms with Crippen LogP contribution in [0.1, 0.15) is 18.4 Å². The highest BCUT2D eigenvalue weighted by atomic mass is 79.9. The van der Waals surface area contributed by atoms with Gasteiger partial charge >= 0.3 is 5.97 Å². The summed E-state index contributed by atoms with van der Waals surface area (Å²) in [5.74, 6) is -0.849. The molecule has 1 amide bonds. The number of thioether (sulfide) groups is 1. The number of aryl methyl sites for hydroxylation is 1. The van der Waals surface area contributed by atoms with E-state index in [-0.39, 0.29) is 16.4 Å². The Bertz CT molecular complexity index is 510. The van der Waals surface area contributed by atoms with Crippen molar-refractivity contribution in [2.75, 3.05) is 11.1 Å². The van der Waals surface area contributed by atoms with Crippen molar-refractivity contribution in [1.29, 1.82) is 0 Å². The predicted octanol–water partition coefficient (Wildman–Crippen LogP) is 2.87. The van der Waals surface area contributed by atoms with Crippen molar-refractivity contribution in [3.8, 4) is 0 Å². The maximum Gasteiger partial charge on any atom is 0.305 e. The van der Waals surface area contributed by atoms with Gasteiger partial charge in [-0.2, -0.15) is 0 Å². The average Bonchev–Trinajstić information content (AvgIpc) is 2.50. The van der Waals surface area contributed by atoms with Crippen LogP contribution >= 0.6 is 27.7 Å². The zero-order valence-corrected chi connectivity index (χ0v) is 14.4. The molecular weight excluding hydrogens is 370 g/mol. The summed E-state index contributed by atoms with van der Waals surface area (Å²) in [6, 6.07) is 8.97. The van der Waals surface area contributed by atoms with Gasteiger partial charge in [0.1, 0.15) is 0 Å². The first-order valence-corrected chi connectivity index (χ1v) is 8.91. The summed E-state index contributed by atoms with van der Waals surface area (Å²) < 4.78 is 0. The van der Waals surface area contributed by atoms with Crippen LogP contribution in [0.3, 0.4) is 0 Å². The zero-order valence-electron chi connectivity index (χ0n) is 12.0. The quantitative estimate of drug-likeness (QED) is 0.502. The molecule has 0 saturated carbocycles. The summed E-state index contributed by atoms with van der Waals surface area (Å²) in [7, 11) is 0. The molecule has 1 aromatic carbocycles. The number of amides is 1. The molecule has 1 aromatic rings. The fourth-order valence-corrected chi connectivity index (χ4v) is 2.87. The monoisotopic (exact) mass is 387 g/mol. The molecule has 1 atom stereocenters. The van der Waals surface area contributed by atoms with Gasteiger partial charge in [0.25, 0.3) is 5.24 Å². The predicted molar refractivity (Wildman–Crippen MR) is 90.6 cm³/mol. The summed E-state index contributed by atoms with van der Waals surface area (Å²) in [5.41, 5.74) is 1.21. The van der Waals surface area contributed by atoms with Crippen LogP contribution in [0, 0.1) is 0 Å². The lowest BCUT2D eigenvalue weighted by Crippen LogP contribution is -2.41. The van der Waals surface area contributed by atoms with E-state index >= 15 is 0 Å². The maximum absolute atomic E-state index is 11.8. The van der Waals surface area contributed by atoms with Crippen LogP contribution in [0.25, 0.3) is 0 Å². The lowest BCUT2D eigenvalue weighted by Gasteiger charge is -2.14. The van der Waals surface area contributed by atoms with Crippen molar-refractivity contribution in [3.05, 3.63) is 35.9 Å². The van der Waals surface area contributed by atoms with E-state index in [1.807, 2.05) is 30.3 Å². The van der Waals surface area contributed by atoms with E-state index in [1.165, 1.54) is 5.56 Å². The molecule has 1 unspecified atom stereocenters. The van der Waals surface area contributed by atoms with E-state index in [2.05, 4.69) is 21.2 Å². The number of nitrogens with one attached hydrogen (secondary N) is 1. The van der Waals surface area contributed by atoms with Gasteiger partial charge in [0, 0.05) is 5.75 Å². The molecule has 2 N–H and O–H groups in total. The number of rotatable bonds is 9. The number of ketones is 1. The summed E-state index contributed by atoms with van der Waals surface area (Å²) in [6.07, 6.45) is 1.30. The van der Waals surface area contributed by atoms with Crippen molar-refractivity contribution in [2.45, 2.75) is 25.3 Å². The van der Waals surface area contributed by atoms with Gasteiger partial charge in [0.05, 0.1) is 17.8 Å². The Morgan fingerprint density at radius 2 is 1.91 bits per heavy atom. The number of alkyl halides is 1. The van der Waals surface area contributed by atoms with Gasteiger partial charge in [-0.25, -0.2) is 0 Å². The van der Waals surface area contributed by atoms with E-state index in [1.54, 1.807) is 0 Å². The molecule has 0 spiro atoms. The highest BCUT2D eigenvalue weighted by Gasteiger charge is 2.22. The number of hydrogen-bond acceptors (Lipinski definition) is 4. The van der Waals surface area contributed by atoms with E-state index in [4.69, 9.17) is 5.11 Å². The fraction of sp³-hybridized carbons (Fsp3) is 0.400. The molecule has 22 heavy (non-hydrogen) atoms. The van der Waals surface area contributed by atoms with Crippen molar-refractivity contribution < 1.29 is 19.5 Å². The van der Waals surface area contributed by atoms with Gasteiger partial charge in [-0.15, -0.1) is 0 Å². The highest BCUT2D eigenvalue weighted by Crippen LogP contribution is 2.10. The topological polar surface area (TPSA) is 83.5 Å². The van der Waals surface area contributed by atoms with Gasteiger partial charge < -0.3 is 10.4 Å². The molecule has 0 aliphatic carbocycles. The maximum atomic E-state index is 11.8. The Hall–Kier alpha value is -1.34. The number of carboxylic acid groups (broad SMARTS) is 1. The lowest BCUT2D eigenvalue weighted by atomic mass is 10.1. The second kappa shape index (κ2) is 10.4. The largest absolute Gasteiger partial charge is 0.481 e. The minimum absolute atomic E-state index is 0.0178. The van der Waals surface area contributed by atoms with Gasteiger partial charge in [-0.3, -0.25) is 14.4 Å². The first-order chi connectivity index (χ1) is 10.5. The van der Waals surface area contributed by atoms with E-state index in [9.17, 15) is 14.4 Å². The summed E-state index contributed by atoms with van der Waals surface area (Å²) in [5, 5.41) is 10.9. The van der Waals surface area contributed by atoms with Crippen LogP contribution in [0.4, 0.5) is 4.79 Å². The number of benzene rings is 1. The van der Waals surface area contributed by atoms with E-state index in [0.29, 0.717) is 5.75 Å². The summed E-state index contributed by atoms with van der Waals surface area (Å²) >= 11 is 4.05. The average molecular weight is 388 g/mol. The van der Waals surface area contributed by atoms with Crippen LogP contribution < -0.4 is 5.32 Å². The number of carboxylic acids is 1. The van der Waals surface area contributed by atoms with Gasteiger partial charge in [0.15, 0.2) is 5.78 Å². The zero-order chi connectivity index (χ0) is 16.4. The van der Waals surface area contributed by atoms with Crippen LogP contribution in [0.5, 0.6) is 0 Å². The molecule has 0 aromatic heterocycles. The Morgan fingerprint density at radius 1 is 1.23 bits per heavy atom. The Balaban J connectivity index is 2.31. The Labute approximate surface area is 142 Å². The van der Waals surface area contributed by atoms with E-state index < -0.39 is 18.4 Å². The van der Waals surface area contributed by atoms with Crippen LogP contribution in [0.2, 0.25) is 0 Å². The smallest absolute Gasteiger partial charge is 0.305 e. The molecule has 7 heteroatoms. The first-order valence-electron chi connectivity index (χ1n) is 6.80. The third-order valence-electron chi connectivity index (χ3n) is 2.88. The number of hydrogen-bond donors (Lipinski definition) is 2. The van der Waals surface area contributed by atoms with Crippen LogP contribution in [-0.2, 0) is 16.0 Å². The van der Waals surface area contributed by atoms with Gasteiger partial charge in [-0.1, -0.05) is 58.0 Å². The number of halogens is 1. The van der Waals surface area contributed by atoms with E-state index in [0.717, 1.165) is 24.6 Å². The molecule has 0 bridgehead atoms. The molecule has 0 fully saturated rings. The second-order valence-corrected chi connectivity index (χ2v) is 6.25. The Kier molecular flexibility index (Phi) is 8.84. The van der Waals surface area contributed by atoms with Crippen LogP contribution in [0.15, 0.2) is 30.3 Å². The van der Waals surface area contributed by atoms with Crippen molar-refractivity contribution in [2.24, 2.45) is 0 Å². The molecule has 0 aliphatic rings. The molecule has 1 rings (SSSR count). The molecule has 0 heterocycles. The van der Waals surface area contributed by atoms with Crippen LogP contribution in [-0.4, -0.2) is 39.2 Å². The minimum Gasteiger partial charge on any atom is -0.481 e. The third kappa shape index (κ3) is 7.61. The molecule has 5 nitrogen and oxygen atoms in total. The summed E-state index contributed by atoms with van der Waals surface area (Å²) in [6.45, 7) is 0. The minimum atomic E-state index is -1.12.